The molecule has 46 heavy (non-hydrogen) atoms. The van der Waals surface area contributed by atoms with E-state index in [1.807, 2.05) is 12.1 Å². The molecule has 8 aromatic rings. The van der Waals surface area contributed by atoms with E-state index in [1.54, 1.807) is 0 Å². The van der Waals surface area contributed by atoms with Crippen molar-refractivity contribution in [2.24, 2.45) is 0 Å². The first kappa shape index (κ1) is 26.6. The molecule has 1 aliphatic carbocycles. The summed E-state index contributed by atoms with van der Waals surface area (Å²) < 4.78 is 6.40. The van der Waals surface area contributed by atoms with Gasteiger partial charge >= 0.3 is 0 Å². The third-order valence-corrected chi connectivity index (χ3v) is 9.47. The molecule has 218 valence electrons. The molecule has 9 rings (SSSR count). The first-order valence-corrected chi connectivity index (χ1v) is 15.8. The fourth-order valence-electron chi connectivity index (χ4n) is 7.23. The van der Waals surface area contributed by atoms with Crippen LogP contribution in [0, 0.1) is 0 Å². The van der Waals surface area contributed by atoms with Crippen molar-refractivity contribution in [1.29, 1.82) is 0 Å². The summed E-state index contributed by atoms with van der Waals surface area (Å²) in [5.74, 6) is 0.713. The zero-order valence-corrected chi connectivity index (χ0v) is 25.7. The maximum absolute atomic E-state index is 6.40. The third kappa shape index (κ3) is 4.05. The second kappa shape index (κ2) is 10.1. The fourth-order valence-corrected chi connectivity index (χ4v) is 7.23. The zero-order valence-electron chi connectivity index (χ0n) is 25.7. The molecule has 3 nitrogen and oxygen atoms in total. The number of hydrogen-bond donors (Lipinski definition) is 0. The fraction of sp³-hybridized carbons (Fsp3) is 0.0698. The van der Waals surface area contributed by atoms with E-state index >= 15 is 0 Å². The molecular weight excluding hydrogens is 560 g/mol. The number of fused-ring (bicyclic) bond motifs is 6. The Morgan fingerprint density at radius 2 is 1.09 bits per heavy atom. The Kier molecular flexibility index (Phi) is 5.85. The molecule has 0 N–H and O–H groups in total. The lowest BCUT2D eigenvalue weighted by Gasteiger charge is -2.24. The Morgan fingerprint density at radius 1 is 0.478 bits per heavy atom. The van der Waals surface area contributed by atoms with Gasteiger partial charge < -0.3 is 4.42 Å². The van der Waals surface area contributed by atoms with Gasteiger partial charge in [-0.1, -0.05) is 141 Å². The molecule has 0 radical (unpaired) electrons. The Bertz CT molecular complexity index is 2450. The van der Waals surface area contributed by atoms with Crippen LogP contribution in [0.25, 0.3) is 78.1 Å². The Balaban J connectivity index is 1.26. The average Bonchev–Trinajstić information content (AvgIpc) is 3.61. The molecule has 0 unspecified atom stereocenters. The monoisotopic (exact) mass is 590 g/mol. The van der Waals surface area contributed by atoms with Gasteiger partial charge in [-0.15, -0.1) is 0 Å². The Hall–Kier alpha value is -5.80. The standard InChI is InChI=1S/C43H30N2O/c1-43(2)36-23-8-6-20-35(36)40-38(43)39(30-17-10-15-28(25-30)27-13-4-3-5-14-27)44-42(45-40)31-18-11-16-29(26-31)32-21-12-22-34-33-19-7-9-24-37(33)46-41(32)34/h3-26H,1-2H3. The number of rotatable bonds is 4. The van der Waals surface area contributed by atoms with Gasteiger partial charge in [0.1, 0.15) is 11.2 Å². The minimum absolute atomic E-state index is 0.249. The summed E-state index contributed by atoms with van der Waals surface area (Å²) in [4.78, 5) is 10.7. The molecular formula is C43H30N2O. The number of aromatic nitrogens is 2. The highest BCUT2D eigenvalue weighted by Crippen LogP contribution is 2.51. The van der Waals surface area contributed by atoms with Crippen LogP contribution in [0.3, 0.4) is 0 Å². The van der Waals surface area contributed by atoms with E-state index in [-0.39, 0.29) is 5.41 Å². The number of para-hydroxylation sites is 2. The van der Waals surface area contributed by atoms with Gasteiger partial charge in [0.25, 0.3) is 0 Å². The molecule has 0 spiro atoms. The largest absolute Gasteiger partial charge is 0.455 e. The van der Waals surface area contributed by atoms with E-state index in [0.29, 0.717) is 5.82 Å². The van der Waals surface area contributed by atoms with Crippen molar-refractivity contribution >= 4 is 21.9 Å². The number of benzene rings is 6. The van der Waals surface area contributed by atoms with Crippen LogP contribution in [0.1, 0.15) is 25.0 Å². The van der Waals surface area contributed by atoms with Crippen molar-refractivity contribution in [1.82, 2.24) is 9.97 Å². The quantitative estimate of drug-likeness (QED) is 0.205. The summed E-state index contributed by atoms with van der Waals surface area (Å²) in [6, 6.07) is 51.1. The van der Waals surface area contributed by atoms with E-state index in [4.69, 9.17) is 14.4 Å². The van der Waals surface area contributed by atoms with Gasteiger partial charge in [-0.2, -0.15) is 0 Å². The van der Waals surface area contributed by atoms with Crippen molar-refractivity contribution in [2.75, 3.05) is 0 Å². The molecule has 0 fully saturated rings. The Labute approximate surface area is 267 Å². The van der Waals surface area contributed by atoms with Crippen LogP contribution in [0.5, 0.6) is 0 Å². The summed E-state index contributed by atoms with van der Waals surface area (Å²) in [7, 11) is 0. The lowest BCUT2D eigenvalue weighted by atomic mass is 9.80. The molecule has 2 aromatic heterocycles. The zero-order chi connectivity index (χ0) is 30.8. The van der Waals surface area contributed by atoms with Gasteiger partial charge in [0.05, 0.1) is 11.4 Å². The van der Waals surface area contributed by atoms with Crippen LogP contribution in [0.15, 0.2) is 150 Å². The number of nitrogens with zero attached hydrogens (tertiary/aromatic N) is 2. The average molecular weight is 591 g/mol. The van der Waals surface area contributed by atoms with E-state index in [0.717, 1.165) is 55.6 Å². The van der Waals surface area contributed by atoms with E-state index in [9.17, 15) is 0 Å². The van der Waals surface area contributed by atoms with Crippen LogP contribution in [0.4, 0.5) is 0 Å². The maximum atomic E-state index is 6.40. The summed E-state index contributed by atoms with van der Waals surface area (Å²) in [5.41, 5.74) is 13.7. The normalized spacial score (nSPS) is 13.2. The highest BCUT2D eigenvalue weighted by atomic mass is 16.3. The summed E-state index contributed by atoms with van der Waals surface area (Å²) >= 11 is 0. The van der Waals surface area contributed by atoms with Gasteiger partial charge in [-0.05, 0) is 40.5 Å². The highest BCUT2D eigenvalue weighted by molar-refractivity contribution is 6.09. The van der Waals surface area contributed by atoms with E-state index in [2.05, 4.69) is 147 Å². The van der Waals surface area contributed by atoms with Crippen LogP contribution >= 0.6 is 0 Å². The first-order valence-electron chi connectivity index (χ1n) is 15.8. The van der Waals surface area contributed by atoms with Crippen molar-refractivity contribution in [2.45, 2.75) is 19.3 Å². The second-order valence-electron chi connectivity index (χ2n) is 12.6. The van der Waals surface area contributed by atoms with Gasteiger partial charge in [0.15, 0.2) is 5.82 Å². The van der Waals surface area contributed by atoms with Crippen LogP contribution < -0.4 is 0 Å². The third-order valence-electron chi connectivity index (χ3n) is 9.47. The van der Waals surface area contributed by atoms with Crippen molar-refractivity contribution in [3.8, 4) is 56.2 Å². The number of furan rings is 1. The molecule has 0 atom stereocenters. The van der Waals surface area contributed by atoms with Crippen molar-refractivity contribution in [3.63, 3.8) is 0 Å². The smallest absolute Gasteiger partial charge is 0.160 e. The van der Waals surface area contributed by atoms with Crippen LogP contribution in [-0.2, 0) is 5.41 Å². The maximum Gasteiger partial charge on any atom is 0.160 e. The second-order valence-corrected chi connectivity index (χ2v) is 12.6. The molecule has 3 heteroatoms. The van der Waals surface area contributed by atoms with Crippen molar-refractivity contribution in [3.05, 3.63) is 157 Å². The molecule has 0 saturated heterocycles. The highest BCUT2D eigenvalue weighted by Gasteiger charge is 2.40. The minimum atomic E-state index is -0.249. The van der Waals surface area contributed by atoms with Gasteiger partial charge in [-0.25, -0.2) is 9.97 Å². The molecule has 1 aliphatic rings. The molecule has 0 amide bonds. The van der Waals surface area contributed by atoms with E-state index < -0.39 is 0 Å². The van der Waals surface area contributed by atoms with Crippen LogP contribution in [-0.4, -0.2) is 9.97 Å². The summed E-state index contributed by atoms with van der Waals surface area (Å²) in [5, 5.41) is 2.24. The number of hydrogen-bond acceptors (Lipinski definition) is 3. The van der Waals surface area contributed by atoms with Crippen molar-refractivity contribution < 1.29 is 4.42 Å². The Morgan fingerprint density at radius 3 is 1.98 bits per heavy atom. The summed E-state index contributed by atoms with van der Waals surface area (Å²) in [6.07, 6.45) is 0. The van der Waals surface area contributed by atoms with Gasteiger partial charge in [0.2, 0.25) is 0 Å². The van der Waals surface area contributed by atoms with Gasteiger partial charge in [-0.3, -0.25) is 0 Å². The lowest BCUT2D eigenvalue weighted by molar-refractivity contribution is 0.658. The van der Waals surface area contributed by atoms with E-state index in [1.165, 1.54) is 27.8 Å². The molecule has 0 bridgehead atoms. The minimum Gasteiger partial charge on any atom is -0.455 e. The topological polar surface area (TPSA) is 38.9 Å². The molecule has 6 aromatic carbocycles. The summed E-state index contributed by atoms with van der Waals surface area (Å²) in [6.45, 7) is 4.58. The lowest BCUT2D eigenvalue weighted by Crippen LogP contribution is -2.17. The van der Waals surface area contributed by atoms with Crippen LogP contribution in [0.2, 0.25) is 0 Å². The predicted molar refractivity (Wildman–Crippen MR) is 189 cm³/mol. The SMILES string of the molecule is CC1(C)c2ccccc2-c2nc(-c3cccc(-c4cccc5c4oc4ccccc45)c3)nc(-c3cccc(-c4ccccc4)c3)c21. The van der Waals surface area contributed by atoms with Gasteiger partial charge in [0, 0.05) is 44.0 Å². The predicted octanol–water partition coefficient (Wildman–Crippen LogP) is 11.4. The first-order chi connectivity index (χ1) is 22.6. The molecule has 2 heterocycles. The molecule has 0 saturated carbocycles. The molecule has 0 aliphatic heterocycles.